The summed E-state index contributed by atoms with van der Waals surface area (Å²) in [5.41, 5.74) is 2.50. The maximum Gasteiger partial charge on any atom is 0.495 e. The number of hydrogen-bond donors (Lipinski definition) is 2. The SMILES string of the molecule is CC1(C)OB2OC(CNC(=O)O)C(Br)=C3C=COCC1=C23. The second kappa shape index (κ2) is 5.19. The fourth-order valence-electron chi connectivity index (χ4n) is 2.75. The van der Waals surface area contributed by atoms with Crippen molar-refractivity contribution in [3.05, 3.63) is 33.4 Å². The van der Waals surface area contributed by atoms with Crippen molar-refractivity contribution in [2.45, 2.75) is 25.6 Å². The number of nitrogens with one attached hydrogen (secondary N) is 1. The number of halogens is 1. The predicted octanol–water partition coefficient (Wildman–Crippen LogP) is 1.98. The molecule has 0 aromatic rings. The summed E-state index contributed by atoms with van der Waals surface area (Å²) >= 11 is 3.53. The summed E-state index contributed by atoms with van der Waals surface area (Å²) in [6.07, 6.45) is 2.00. The first-order valence-electron chi connectivity index (χ1n) is 6.62. The van der Waals surface area contributed by atoms with Crippen LogP contribution in [0, 0.1) is 0 Å². The van der Waals surface area contributed by atoms with Crippen LogP contribution in [0.15, 0.2) is 33.4 Å². The lowest BCUT2D eigenvalue weighted by atomic mass is 9.70. The van der Waals surface area contributed by atoms with Crippen LogP contribution in [-0.4, -0.2) is 43.2 Å². The van der Waals surface area contributed by atoms with Crippen LogP contribution in [0.2, 0.25) is 0 Å². The molecule has 0 radical (unpaired) electrons. The highest BCUT2D eigenvalue weighted by molar-refractivity contribution is 9.11. The maximum absolute atomic E-state index is 10.7. The van der Waals surface area contributed by atoms with Crippen molar-refractivity contribution in [3.63, 3.8) is 0 Å². The lowest BCUT2D eigenvalue weighted by Crippen LogP contribution is -2.42. The third kappa shape index (κ3) is 2.51. The highest BCUT2D eigenvalue weighted by Crippen LogP contribution is 2.45. The molecule has 2 N–H and O–H groups in total. The molecule has 112 valence electrons. The zero-order valence-corrected chi connectivity index (χ0v) is 13.3. The van der Waals surface area contributed by atoms with Crippen LogP contribution in [0.4, 0.5) is 4.79 Å². The Morgan fingerprint density at radius 3 is 3.10 bits per heavy atom. The fraction of sp³-hybridized carbons (Fsp3) is 0.462. The van der Waals surface area contributed by atoms with Gasteiger partial charge in [0, 0.05) is 4.48 Å². The topological polar surface area (TPSA) is 77.0 Å². The number of carbonyl (C=O) groups is 1. The summed E-state index contributed by atoms with van der Waals surface area (Å²) in [6.45, 7) is 4.56. The van der Waals surface area contributed by atoms with Crippen molar-refractivity contribution in [3.8, 4) is 0 Å². The van der Waals surface area contributed by atoms with Crippen molar-refractivity contribution < 1.29 is 23.9 Å². The molecule has 0 aliphatic carbocycles. The van der Waals surface area contributed by atoms with Gasteiger partial charge in [-0.3, -0.25) is 0 Å². The molecule has 0 spiro atoms. The van der Waals surface area contributed by atoms with E-state index in [9.17, 15) is 4.79 Å². The minimum atomic E-state index is -1.08. The standard InChI is InChI=1S/C13H15BBrNO5/c1-13(2)8-6-19-4-3-7-10(8)14(21-13)20-9(11(7)15)5-16-12(17)18/h3-4,9,16H,5-6H2,1-2H3,(H,17,18). The van der Waals surface area contributed by atoms with Crippen molar-refractivity contribution in [1.29, 1.82) is 0 Å². The lowest BCUT2D eigenvalue weighted by Gasteiger charge is -2.29. The van der Waals surface area contributed by atoms with Gasteiger partial charge in [0.05, 0.1) is 24.5 Å². The predicted molar refractivity (Wildman–Crippen MR) is 79.9 cm³/mol. The van der Waals surface area contributed by atoms with Gasteiger partial charge < -0.3 is 24.5 Å². The van der Waals surface area contributed by atoms with Crippen LogP contribution < -0.4 is 5.32 Å². The minimum absolute atomic E-state index is 0.150. The molecule has 3 aliphatic heterocycles. The summed E-state index contributed by atoms with van der Waals surface area (Å²) in [7, 11) is -0.502. The first-order valence-corrected chi connectivity index (χ1v) is 7.41. The number of allylic oxidation sites excluding steroid dienone is 3. The van der Waals surface area contributed by atoms with E-state index in [4.69, 9.17) is 19.2 Å². The zero-order valence-electron chi connectivity index (χ0n) is 11.7. The third-order valence-corrected chi connectivity index (χ3v) is 4.74. The van der Waals surface area contributed by atoms with Crippen LogP contribution in [-0.2, 0) is 14.0 Å². The molecule has 3 heterocycles. The Labute approximate surface area is 131 Å². The van der Waals surface area contributed by atoms with E-state index in [0.717, 1.165) is 21.1 Å². The van der Waals surface area contributed by atoms with Gasteiger partial charge in [0.25, 0.3) is 0 Å². The Morgan fingerprint density at radius 2 is 2.38 bits per heavy atom. The van der Waals surface area contributed by atoms with Gasteiger partial charge in [0.2, 0.25) is 0 Å². The first-order chi connectivity index (χ1) is 9.90. The van der Waals surface area contributed by atoms with Crippen LogP contribution in [0.25, 0.3) is 0 Å². The zero-order chi connectivity index (χ0) is 15.2. The molecular formula is C13H15BBrNO5. The van der Waals surface area contributed by atoms with Gasteiger partial charge >= 0.3 is 13.2 Å². The molecule has 3 aliphatic rings. The smallest absolute Gasteiger partial charge is 0.495 e. The average Bonchev–Trinajstić information content (AvgIpc) is 2.57. The third-order valence-electron chi connectivity index (χ3n) is 3.80. The largest absolute Gasteiger partial charge is 0.497 e. The molecule has 0 fully saturated rings. The first kappa shape index (κ1) is 14.7. The van der Waals surface area contributed by atoms with Crippen LogP contribution in [0.1, 0.15) is 13.8 Å². The summed E-state index contributed by atoms with van der Waals surface area (Å²) < 4.78 is 18.2. The van der Waals surface area contributed by atoms with Gasteiger partial charge in [0.15, 0.2) is 0 Å². The van der Waals surface area contributed by atoms with E-state index in [2.05, 4.69) is 21.2 Å². The summed E-state index contributed by atoms with van der Waals surface area (Å²) in [4.78, 5) is 10.7. The van der Waals surface area contributed by atoms with Crippen LogP contribution >= 0.6 is 15.9 Å². The Hall–Kier alpha value is -1.25. The van der Waals surface area contributed by atoms with E-state index >= 15 is 0 Å². The van der Waals surface area contributed by atoms with E-state index in [1.165, 1.54) is 0 Å². The molecule has 6 nitrogen and oxygen atoms in total. The molecule has 0 saturated heterocycles. The van der Waals surface area contributed by atoms with Gasteiger partial charge in [-0.15, -0.1) is 0 Å². The quantitative estimate of drug-likeness (QED) is 0.740. The Kier molecular flexibility index (Phi) is 3.63. The molecular weight excluding hydrogens is 341 g/mol. The molecule has 1 amide bonds. The highest BCUT2D eigenvalue weighted by atomic mass is 79.9. The van der Waals surface area contributed by atoms with E-state index in [1.807, 2.05) is 19.9 Å². The van der Waals surface area contributed by atoms with Gasteiger partial charge in [-0.05, 0) is 36.5 Å². The number of amides is 1. The maximum atomic E-state index is 10.7. The Balaban J connectivity index is 1.99. The number of rotatable bonds is 2. The second-order valence-corrected chi connectivity index (χ2v) is 6.39. The molecule has 8 heteroatoms. The van der Waals surface area contributed by atoms with Crippen molar-refractivity contribution in [2.75, 3.05) is 13.2 Å². The molecule has 0 saturated carbocycles. The Bertz CT molecular complexity index is 583. The van der Waals surface area contributed by atoms with Crippen molar-refractivity contribution in [1.82, 2.24) is 5.32 Å². The van der Waals surface area contributed by atoms with E-state index in [0.29, 0.717) is 6.61 Å². The summed E-state index contributed by atoms with van der Waals surface area (Å²) in [5, 5.41) is 11.1. The molecule has 1 unspecified atom stereocenters. The van der Waals surface area contributed by atoms with Gasteiger partial charge in [-0.2, -0.15) is 0 Å². The second-order valence-electron chi connectivity index (χ2n) is 5.54. The van der Waals surface area contributed by atoms with Gasteiger partial charge in [-0.25, -0.2) is 4.79 Å². The molecule has 0 aromatic carbocycles. The van der Waals surface area contributed by atoms with E-state index < -0.39 is 24.9 Å². The monoisotopic (exact) mass is 355 g/mol. The molecule has 0 bridgehead atoms. The fourth-order valence-corrected chi connectivity index (χ4v) is 3.36. The molecule has 3 rings (SSSR count). The number of hydrogen-bond acceptors (Lipinski definition) is 4. The van der Waals surface area contributed by atoms with E-state index in [1.54, 1.807) is 6.26 Å². The summed E-state index contributed by atoms with van der Waals surface area (Å²) in [6, 6.07) is 0. The molecule has 0 aromatic heterocycles. The van der Waals surface area contributed by atoms with Crippen molar-refractivity contribution >= 4 is 29.1 Å². The minimum Gasteiger partial charge on any atom is -0.497 e. The Morgan fingerprint density at radius 1 is 1.62 bits per heavy atom. The van der Waals surface area contributed by atoms with Crippen LogP contribution in [0.3, 0.4) is 0 Å². The average molecular weight is 356 g/mol. The highest BCUT2D eigenvalue weighted by Gasteiger charge is 2.50. The van der Waals surface area contributed by atoms with Gasteiger partial charge in [0.1, 0.15) is 6.61 Å². The lowest BCUT2D eigenvalue weighted by molar-refractivity contribution is 0.0893. The molecule has 1 atom stereocenters. The number of carboxylic acid groups (broad SMARTS) is 1. The van der Waals surface area contributed by atoms with Crippen LogP contribution in [0.5, 0.6) is 0 Å². The summed E-state index contributed by atoms with van der Waals surface area (Å²) in [5.74, 6) is 0. The normalized spacial score (nSPS) is 26.4. The van der Waals surface area contributed by atoms with E-state index in [-0.39, 0.29) is 6.54 Å². The van der Waals surface area contributed by atoms with Crippen molar-refractivity contribution in [2.24, 2.45) is 0 Å². The number of ether oxygens (including phenoxy) is 1. The molecule has 21 heavy (non-hydrogen) atoms. The van der Waals surface area contributed by atoms with Gasteiger partial charge in [-0.1, -0.05) is 15.9 Å².